The molecule has 1 N–H and O–H groups in total. The topological polar surface area (TPSA) is 47.0 Å². The van der Waals surface area contributed by atoms with Crippen molar-refractivity contribution >= 4 is 0 Å². The van der Waals surface area contributed by atoms with Crippen LogP contribution in [0, 0.1) is 0 Å². The Balaban J connectivity index is 1.91. The number of hydrogen-bond donors (Lipinski definition) is 1. The predicted molar refractivity (Wildman–Crippen MR) is 65.2 cm³/mol. The van der Waals surface area contributed by atoms with Gasteiger partial charge < -0.3 is 4.74 Å². The van der Waals surface area contributed by atoms with Gasteiger partial charge in [-0.3, -0.25) is 9.89 Å². The average molecular weight is 236 g/mol. The third-order valence-electron chi connectivity index (χ3n) is 4.03. The quantitative estimate of drug-likeness (QED) is 0.759. The van der Waals surface area contributed by atoms with Gasteiger partial charge in [0.2, 0.25) is 0 Å². The molecule has 94 valence electrons. The van der Waals surface area contributed by atoms with Crippen LogP contribution < -0.4 is 5.56 Å². The van der Waals surface area contributed by atoms with E-state index < -0.39 is 0 Å². The van der Waals surface area contributed by atoms with E-state index in [4.69, 9.17) is 4.74 Å². The van der Waals surface area contributed by atoms with Crippen molar-refractivity contribution in [2.75, 3.05) is 6.61 Å². The van der Waals surface area contributed by atoms with Crippen molar-refractivity contribution < 1.29 is 4.74 Å². The molecule has 0 saturated heterocycles. The Morgan fingerprint density at radius 2 is 1.94 bits per heavy atom. The standard InChI is InChI=1S/C13H20N2O2/c16-13-11-7-8-17-9-12(11)14-15(13)10-5-3-1-2-4-6-10/h10,14H,1-9H2. The fourth-order valence-electron chi connectivity index (χ4n) is 3.04. The minimum absolute atomic E-state index is 0.204. The lowest BCUT2D eigenvalue weighted by Crippen LogP contribution is -2.24. The normalized spacial score (nSPS) is 22.1. The second kappa shape index (κ2) is 4.69. The summed E-state index contributed by atoms with van der Waals surface area (Å²) < 4.78 is 7.27. The van der Waals surface area contributed by atoms with Crippen molar-refractivity contribution in [2.24, 2.45) is 0 Å². The van der Waals surface area contributed by atoms with Gasteiger partial charge in [-0.05, 0) is 12.8 Å². The first-order valence-electron chi connectivity index (χ1n) is 6.76. The number of H-pyrrole nitrogens is 1. The van der Waals surface area contributed by atoms with E-state index in [9.17, 15) is 4.79 Å². The molecule has 17 heavy (non-hydrogen) atoms. The molecule has 4 nitrogen and oxygen atoms in total. The Kier molecular flexibility index (Phi) is 3.05. The van der Waals surface area contributed by atoms with Crippen LogP contribution in [0.15, 0.2) is 4.79 Å². The van der Waals surface area contributed by atoms with Gasteiger partial charge in [0.15, 0.2) is 0 Å². The number of nitrogens with one attached hydrogen (secondary N) is 1. The Hall–Kier alpha value is -1.03. The van der Waals surface area contributed by atoms with Gasteiger partial charge in [-0.2, -0.15) is 0 Å². The summed E-state index contributed by atoms with van der Waals surface area (Å²) in [5.41, 5.74) is 2.17. The molecule has 0 spiro atoms. The number of rotatable bonds is 1. The molecule has 1 aromatic heterocycles. The minimum atomic E-state index is 0.204. The summed E-state index contributed by atoms with van der Waals surface area (Å²) in [5.74, 6) is 0. The zero-order valence-corrected chi connectivity index (χ0v) is 10.2. The second-order valence-corrected chi connectivity index (χ2v) is 5.19. The lowest BCUT2D eigenvalue weighted by Gasteiger charge is -2.14. The molecule has 1 aliphatic heterocycles. The summed E-state index contributed by atoms with van der Waals surface area (Å²) in [6, 6.07) is 0.385. The van der Waals surface area contributed by atoms with Crippen molar-refractivity contribution in [3.63, 3.8) is 0 Å². The van der Waals surface area contributed by atoms with Gasteiger partial charge in [0.25, 0.3) is 5.56 Å². The molecular formula is C13H20N2O2. The summed E-state index contributed by atoms with van der Waals surface area (Å²) in [6.07, 6.45) is 8.17. The highest BCUT2D eigenvalue weighted by Crippen LogP contribution is 2.26. The van der Waals surface area contributed by atoms with Crippen molar-refractivity contribution in [3.8, 4) is 0 Å². The molecule has 2 aliphatic rings. The summed E-state index contributed by atoms with van der Waals surface area (Å²) in [4.78, 5) is 12.3. The maximum absolute atomic E-state index is 12.3. The molecule has 1 aliphatic carbocycles. The van der Waals surface area contributed by atoms with E-state index in [1.165, 1.54) is 25.7 Å². The highest BCUT2D eigenvalue weighted by atomic mass is 16.5. The molecule has 1 fully saturated rings. The van der Waals surface area contributed by atoms with Crippen LogP contribution in [0.25, 0.3) is 0 Å². The van der Waals surface area contributed by atoms with E-state index in [0.717, 1.165) is 30.5 Å². The van der Waals surface area contributed by atoms with E-state index in [-0.39, 0.29) is 5.56 Å². The maximum Gasteiger partial charge on any atom is 0.270 e. The van der Waals surface area contributed by atoms with Gasteiger partial charge in [0.1, 0.15) is 0 Å². The molecule has 0 radical (unpaired) electrons. The molecular weight excluding hydrogens is 216 g/mol. The first-order valence-corrected chi connectivity index (χ1v) is 6.76. The van der Waals surface area contributed by atoms with Crippen molar-refractivity contribution in [2.45, 2.75) is 57.6 Å². The Morgan fingerprint density at radius 3 is 2.65 bits per heavy atom. The Labute approximate surface area is 101 Å². The van der Waals surface area contributed by atoms with Crippen LogP contribution in [0.5, 0.6) is 0 Å². The molecule has 0 bridgehead atoms. The summed E-state index contributed by atoms with van der Waals surface area (Å²) in [6.45, 7) is 1.26. The monoisotopic (exact) mass is 236 g/mol. The molecule has 1 aromatic rings. The van der Waals surface area contributed by atoms with Crippen molar-refractivity contribution in [1.82, 2.24) is 9.78 Å². The molecule has 0 aromatic carbocycles. The number of aromatic nitrogens is 2. The largest absolute Gasteiger partial charge is 0.375 e. The van der Waals surface area contributed by atoms with Crippen molar-refractivity contribution in [3.05, 3.63) is 21.6 Å². The fourth-order valence-corrected chi connectivity index (χ4v) is 3.04. The minimum Gasteiger partial charge on any atom is -0.375 e. The van der Waals surface area contributed by atoms with E-state index in [1.54, 1.807) is 0 Å². The molecule has 2 heterocycles. The molecule has 0 unspecified atom stereocenters. The summed E-state index contributed by atoms with van der Waals surface area (Å²) in [7, 11) is 0. The van der Waals surface area contributed by atoms with Gasteiger partial charge in [0, 0.05) is 12.0 Å². The number of ether oxygens (including phenoxy) is 1. The van der Waals surface area contributed by atoms with Gasteiger partial charge in [0.05, 0.1) is 24.9 Å². The smallest absolute Gasteiger partial charge is 0.270 e. The van der Waals surface area contributed by atoms with Gasteiger partial charge in [-0.1, -0.05) is 25.7 Å². The number of nitrogens with zero attached hydrogens (tertiary/aromatic N) is 1. The Bertz CT molecular complexity index is 439. The third-order valence-corrected chi connectivity index (χ3v) is 4.03. The van der Waals surface area contributed by atoms with Crippen LogP contribution in [0.2, 0.25) is 0 Å². The summed E-state index contributed by atoms with van der Waals surface area (Å²) in [5, 5.41) is 3.28. The maximum atomic E-state index is 12.3. The van der Waals surface area contributed by atoms with Gasteiger partial charge in [-0.15, -0.1) is 0 Å². The predicted octanol–water partition coefficient (Wildman–Crippen LogP) is 2.14. The zero-order chi connectivity index (χ0) is 11.7. The first kappa shape index (κ1) is 11.1. The number of hydrogen-bond acceptors (Lipinski definition) is 2. The highest BCUT2D eigenvalue weighted by molar-refractivity contribution is 5.19. The van der Waals surface area contributed by atoms with E-state index in [2.05, 4.69) is 5.10 Å². The zero-order valence-electron chi connectivity index (χ0n) is 10.2. The highest BCUT2D eigenvalue weighted by Gasteiger charge is 2.22. The third kappa shape index (κ3) is 2.06. The van der Waals surface area contributed by atoms with Gasteiger partial charge in [-0.25, -0.2) is 4.68 Å². The van der Waals surface area contributed by atoms with E-state index in [1.807, 2.05) is 4.68 Å². The van der Waals surface area contributed by atoms with Crippen LogP contribution in [0.1, 0.15) is 55.8 Å². The summed E-state index contributed by atoms with van der Waals surface area (Å²) >= 11 is 0. The van der Waals surface area contributed by atoms with Crippen molar-refractivity contribution in [1.29, 1.82) is 0 Å². The van der Waals surface area contributed by atoms with Crippen LogP contribution in [-0.4, -0.2) is 16.4 Å². The molecule has 0 amide bonds. The van der Waals surface area contributed by atoms with E-state index in [0.29, 0.717) is 19.3 Å². The number of fused-ring (bicyclic) bond motifs is 1. The Morgan fingerprint density at radius 1 is 1.18 bits per heavy atom. The van der Waals surface area contributed by atoms with Crippen LogP contribution in [-0.2, 0) is 17.8 Å². The second-order valence-electron chi connectivity index (χ2n) is 5.19. The van der Waals surface area contributed by atoms with E-state index >= 15 is 0 Å². The SMILES string of the molecule is O=c1c2c([nH]n1C1CCCCCC1)COCC2. The fraction of sp³-hybridized carbons (Fsp3) is 0.769. The van der Waals surface area contributed by atoms with Crippen LogP contribution in [0.4, 0.5) is 0 Å². The average Bonchev–Trinajstić information content (AvgIpc) is 2.57. The van der Waals surface area contributed by atoms with Gasteiger partial charge >= 0.3 is 0 Å². The van der Waals surface area contributed by atoms with Crippen LogP contribution >= 0.6 is 0 Å². The molecule has 4 heteroatoms. The molecule has 0 atom stereocenters. The molecule has 3 rings (SSSR count). The molecule has 1 saturated carbocycles. The lowest BCUT2D eigenvalue weighted by molar-refractivity contribution is 0.107. The number of aromatic amines is 1. The van der Waals surface area contributed by atoms with Crippen LogP contribution in [0.3, 0.4) is 0 Å². The first-order chi connectivity index (χ1) is 8.36. The lowest BCUT2D eigenvalue weighted by atomic mass is 10.1.